The zero-order valence-corrected chi connectivity index (χ0v) is 23.2. The van der Waals surface area contributed by atoms with Crippen LogP contribution < -0.4 is 27.5 Å². The van der Waals surface area contributed by atoms with Gasteiger partial charge >= 0.3 is 0 Å². The van der Waals surface area contributed by atoms with Crippen molar-refractivity contribution >= 4 is 45.3 Å². The van der Waals surface area contributed by atoms with Crippen LogP contribution in [0.3, 0.4) is 0 Å². The summed E-state index contributed by atoms with van der Waals surface area (Å²) >= 11 is 1.33. The number of hydrogen-bond acceptors (Lipinski definition) is 10. The van der Waals surface area contributed by atoms with Crippen molar-refractivity contribution in [2.24, 2.45) is 17.5 Å². The van der Waals surface area contributed by atoms with Gasteiger partial charge in [-0.2, -0.15) is 4.37 Å². The fourth-order valence-electron chi connectivity index (χ4n) is 3.81. The summed E-state index contributed by atoms with van der Waals surface area (Å²) in [6, 6.07) is 5.47. The average Bonchev–Trinajstić information content (AvgIpc) is 3.53. The van der Waals surface area contributed by atoms with Crippen LogP contribution in [-0.4, -0.2) is 42.7 Å². The molecular weight excluding hydrogens is 538 g/mol. The highest BCUT2D eigenvalue weighted by Gasteiger charge is 2.16. The first-order valence-electron chi connectivity index (χ1n) is 12.7. The van der Waals surface area contributed by atoms with Gasteiger partial charge in [0.05, 0.1) is 34.7 Å². The zero-order valence-electron chi connectivity index (χ0n) is 22.4. The van der Waals surface area contributed by atoms with Crippen LogP contribution in [0.1, 0.15) is 37.4 Å². The number of halogens is 2. The molecule has 3 heterocycles. The lowest BCUT2D eigenvalue weighted by atomic mass is 10.1. The lowest BCUT2D eigenvalue weighted by Gasteiger charge is -2.15. The number of hydrazine groups is 1. The van der Waals surface area contributed by atoms with Crippen molar-refractivity contribution in [3.05, 3.63) is 71.6 Å². The average molecular weight is 571 g/mol. The van der Waals surface area contributed by atoms with Gasteiger partial charge in [0.15, 0.2) is 23.1 Å². The molecule has 0 aliphatic rings. The molecule has 1 amide bonds. The minimum atomic E-state index is -1.15. The quantitative estimate of drug-likeness (QED) is 0.127. The predicted octanol–water partition coefficient (Wildman–Crippen LogP) is 3.72. The maximum atomic E-state index is 13.8. The van der Waals surface area contributed by atoms with Gasteiger partial charge in [-0.15, -0.1) is 0 Å². The summed E-state index contributed by atoms with van der Waals surface area (Å²) in [7, 11) is 0. The maximum absolute atomic E-state index is 13.8. The van der Waals surface area contributed by atoms with E-state index in [4.69, 9.17) is 11.6 Å². The van der Waals surface area contributed by atoms with Gasteiger partial charge in [0, 0.05) is 18.9 Å². The van der Waals surface area contributed by atoms with E-state index in [1.54, 1.807) is 16.8 Å². The van der Waals surface area contributed by atoms with Crippen LogP contribution in [-0.2, 0) is 11.3 Å². The Kier molecular flexibility index (Phi) is 9.24. The standard InChI is InChI=1S/C26H32F2N10OS/c1-4-15(2)9-31-10-17-8-23(40-36-17)35-25-26-32-11-21(38(26)12-16(3)33-25)19(29)13-37(30)14-22(39)34-20-7-5-6-18(27)24(20)28/h5-8,11-13,15,31H,4,9-10,14,29-30H2,1-3H3,(H,33,35)(H,34,39)/b19-13-. The number of aryl methyl sites for hydroxylation is 1. The number of aromatic nitrogens is 4. The summed E-state index contributed by atoms with van der Waals surface area (Å²) in [5.41, 5.74) is 8.94. The molecule has 0 saturated carbocycles. The van der Waals surface area contributed by atoms with E-state index in [-0.39, 0.29) is 17.9 Å². The van der Waals surface area contributed by atoms with Crippen LogP contribution in [0.4, 0.5) is 25.3 Å². The smallest absolute Gasteiger partial charge is 0.245 e. The van der Waals surface area contributed by atoms with Gasteiger partial charge in [0.1, 0.15) is 11.5 Å². The molecule has 0 saturated heterocycles. The SMILES string of the molecule is CCC(C)CNCc1cc(Nc2nc(C)cn3c(/C(N)=C/N(N)CC(=O)Nc4cccc(F)c4F)cnc23)sn1. The molecule has 0 fully saturated rings. The molecule has 4 rings (SSSR count). The third-order valence-corrected chi connectivity index (χ3v) is 6.80. The Hall–Kier alpha value is -4.14. The lowest BCUT2D eigenvalue weighted by Crippen LogP contribution is -2.35. The first kappa shape index (κ1) is 28.9. The van der Waals surface area contributed by atoms with Crippen LogP contribution in [0.15, 0.2) is 42.9 Å². The molecule has 40 heavy (non-hydrogen) atoms. The van der Waals surface area contributed by atoms with Gasteiger partial charge < -0.3 is 26.7 Å². The molecule has 0 radical (unpaired) electrons. The minimum Gasteiger partial charge on any atom is -0.396 e. The van der Waals surface area contributed by atoms with Crippen molar-refractivity contribution in [3.63, 3.8) is 0 Å². The summed E-state index contributed by atoms with van der Waals surface area (Å²) < 4.78 is 33.5. The highest BCUT2D eigenvalue weighted by molar-refractivity contribution is 7.10. The van der Waals surface area contributed by atoms with Crippen molar-refractivity contribution in [2.45, 2.75) is 33.7 Å². The Bertz CT molecular complexity index is 1520. The highest BCUT2D eigenvalue weighted by Crippen LogP contribution is 2.25. The Morgan fingerprint density at radius 2 is 2.12 bits per heavy atom. The van der Waals surface area contributed by atoms with Gasteiger partial charge in [0.25, 0.3) is 0 Å². The van der Waals surface area contributed by atoms with Crippen LogP contribution in [0.2, 0.25) is 0 Å². The number of hydrogen-bond donors (Lipinski definition) is 5. The fourth-order valence-corrected chi connectivity index (χ4v) is 4.48. The third-order valence-electron chi connectivity index (χ3n) is 6.06. The summed E-state index contributed by atoms with van der Waals surface area (Å²) in [5, 5.41) is 10.9. The number of nitrogens with two attached hydrogens (primary N) is 2. The van der Waals surface area contributed by atoms with Crippen LogP contribution in [0, 0.1) is 24.5 Å². The second-order valence-electron chi connectivity index (χ2n) is 9.43. The molecule has 1 aromatic carbocycles. The largest absolute Gasteiger partial charge is 0.396 e. The number of nitrogens with zero attached hydrogens (tertiary/aromatic N) is 5. The van der Waals surface area contributed by atoms with Crippen molar-refractivity contribution < 1.29 is 13.6 Å². The lowest BCUT2D eigenvalue weighted by molar-refractivity contribution is -0.116. The molecule has 0 spiro atoms. The molecule has 14 heteroatoms. The number of fused-ring (bicyclic) bond motifs is 1. The minimum absolute atomic E-state index is 0.226. The number of anilines is 3. The number of carbonyl (C=O) groups excluding carboxylic acids is 1. The van der Waals surface area contributed by atoms with Crippen molar-refractivity contribution in [1.82, 2.24) is 29.1 Å². The van der Waals surface area contributed by atoms with Crippen LogP contribution in [0.25, 0.3) is 11.3 Å². The van der Waals surface area contributed by atoms with E-state index in [0.717, 1.165) is 34.7 Å². The van der Waals surface area contributed by atoms with Gasteiger partial charge in [-0.05, 0) is 49.1 Å². The maximum Gasteiger partial charge on any atom is 0.245 e. The molecule has 0 aliphatic heterocycles. The number of rotatable bonds is 12. The molecular formula is C26H32F2N10OS. The summed E-state index contributed by atoms with van der Waals surface area (Å²) in [4.78, 5) is 21.4. The monoisotopic (exact) mass is 570 g/mol. The summed E-state index contributed by atoms with van der Waals surface area (Å²) in [6.07, 6.45) is 5.82. The first-order chi connectivity index (χ1) is 19.1. The molecule has 1 unspecified atom stereocenters. The molecule has 212 valence electrons. The zero-order chi connectivity index (χ0) is 28.8. The molecule has 4 aromatic rings. The number of amides is 1. The number of imidazole rings is 1. The molecule has 0 bridgehead atoms. The molecule has 11 nitrogen and oxygen atoms in total. The van der Waals surface area contributed by atoms with Gasteiger partial charge in [0.2, 0.25) is 5.91 Å². The van der Waals surface area contributed by atoms with Crippen LogP contribution >= 0.6 is 11.5 Å². The Balaban J connectivity index is 1.45. The van der Waals surface area contributed by atoms with E-state index in [0.29, 0.717) is 35.3 Å². The van der Waals surface area contributed by atoms with Crippen molar-refractivity contribution in [3.8, 4) is 0 Å². The van der Waals surface area contributed by atoms with E-state index in [1.165, 1.54) is 29.9 Å². The number of benzene rings is 1. The fraction of sp³-hybridized carbons (Fsp3) is 0.308. The molecule has 1 atom stereocenters. The van der Waals surface area contributed by atoms with Crippen molar-refractivity contribution in [1.29, 1.82) is 0 Å². The Labute approximate surface area is 234 Å². The van der Waals surface area contributed by atoms with Crippen molar-refractivity contribution in [2.75, 3.05) is 23.7 Å². The third kappa shape index (κ3) is 7.08. The number of carbonyl (C=O) groups is 1. The normalized spacial score (nSPS) is 12.5. The summed E-state index contributed by atoms with van der Waals surface area (Å²) in [6.45, 7) is 7.47. The van der Waals surface area contributed by atoms with E-state index < -0.39 is 17.5 Å². The second kappa shape index (κ2) is 12.8. The van der Waals surface area contributed by atoms with E-state index in [9.17, 15) is 13.6 Å². The Morgan fingerprint density at radius 1 is 1.32 bits per heavy atom. The summed E-state index contributed by atoms with van der Waals surface area (Å²) in [5.74, 6) is 4.22. The second-order valence-corrected chi connectivity index (χ2v) is 10.2. The molecule has 3 aromatic heterocycles. The van der Waals surface area contributed by atoms with Gasteiger partial charge in [-0.25, -0.2) is 24.6 Å². The number of nitrogens with one attached hydrogen (secondary N) is 3. The van der Waals surface area contributed by atoms with Gasteiger partial charge in [-0.1, -0.05) is 26.3 Å². The van der Waals surface area contributed by atoms with Gasteiger partial charge in [-0.3, -0.25) is 9.20 Å². The predicted molar refractivity (Wildman–Crippen MR) is 152 cm³/mol. The van der Waals surface area contributed by atoms with E-state index in [2.05, 4.69) is 44.1 Å². The molecule has 0 aliphatic carbocycles. The van der Waals surface area contributed by atoms with Crippen LogP contribution in [0.5, 0.6) is 0 Å². The molecule has 7 N–H and O–H groups in total. The first-order valence-corrected chi connectivity index (χ1v) is 13.4. The van der Waals surface area contributed by atoms with E-state index >= 15 is 0 Å². The Morgan fingerprint density at radius 3 is 2.90 bits per heavy atom. The van der Waals surface area contributed by atoms with E-state index in [1.807, 2.05) is 13.0 Å². The topological polar surface area (TPSA) is 152 Å². The highest BCUT2D eigenvalue weighted by atomic mass is 32.1.